The number of hydrogen-bond acceptors (Lipinski definition) is 7. The lowest BCUT2D eigenvalue weighted by Gasteiger charge is -2.06. The molecule has 1 N–H and O–H groups in total. The number of thiophene rings is 1. The fraction of sp³-hybridized carbons (Fsp3) is 0.200. The van der Waals surface area contributed by atoms with Gasteiger partial charge in [0.15, 0.2) is 0 Å². The molecule has 0 unspecified atom stereocenters. The average molecular weight is 363 g/mol. The number of hydrogen-bond donors (Lipinski definition) is 1. The summed E-state index contributed by atoms with van der Waals surface area (Å²) in [6.07, 6.45) is 4.27. The van der Waals surface area contributed by atoms with Crippen LogP contribution in [-0.2, 0) is 13.0 Å². The van der Waals surface area contributed by atoms with E-state index in [1.54, 1.807) is 29.3 Å². The maximum atomic E-state index is 5.64. The van der Waals surface area contributed by atoms with E-state index in [1.807, 2.05) is 35.8 Å². The van der Waals surface area contributed by atoms with E-state index in [4.69, 9.17) is 16.6 Å². The summed E-state index contributed by atoms with van der Waals surface area (Å²) in [5, 5.41) is 13.3. The predicted molar refractivity (Wildman–Crippen MR) is 97.4 cm³/mol. The number of nitrogens with one attached hydrogen (secondary N) is 1. The third kappa shape index (κ3) is 4.85. The standard InChI is InChI=1S/C15H14N4OS3/c21-15(17-10-11-3-1-6-16-9-11)23-8-5-13-18-19-14(20-13)12-4-2-7-22-12/h1-4,6-7,9H,5,8,10H2,(H,17,21). The van der Waals surface area contributed by atoms with E-state index < -0.39 is 0 Å². The van der Waals surface area contributed by atoms with E-state index in [2.05, 4.69) is 20.5 Å². The zero-order chi connectivity index (χ0) is 15.9. The van der Waals surface area contributed by atoms with Crippen molar-refractivity contribution in [2.45, 2.75) is 13.0 Å². The molecular weight excluding hydrogens is 348 g/mol. The molecule has 23 heavy (non-hydrogen) atoms. The Bertz CT molecular complexity index is 743. The average Bonchev–Trinajstić information content (AvgIpc) is 3.25. The summed E-state index contributed by atoms with van der Waals surface area (Å²) < 4.78 is 6.40. The van der Waals surface area contributed by atoms with Crippen LogP contribution in [0.4, 0.5) is 0 Å². The second-order valence-corrected chi connectivity index (χ2v) is 7.30. The van der Waals surface area contributed by atoms with Gasteiger partial charge in [-0.3, -0.25) is 4.98 Å². The molecule has 0 radical (unpaired) electrons. The van der Waals surface area contributed by atoms with Crippen molar-refractivity contribution in [2.24, 2.45) is 0 Å². The summed E-state index contributed by atoms with van der Waals surface area (Å²) in [6, 6.07) is 7.85. The fourth-order valence-corrected chi connectivity index (χ4v) is 3.42. The molecule has 5 nitrogen and oxygen atoms in total. The molecule has 3 aromatic rings. The molecule has 3 aromatic heterocycles. The maximum Gasteiger partial charge on any atom is 0.257 e. The van der Waals surface area contributed by atoms with Gasteiger partial charge in [0.25, 0.3) is 5.89 Å². The third-order valence-corrected chi connectivity index (χ3v) is 5.08. The van der Waals surface area contributed by atoms with Crippen LogP contribution in [0.2, 0.25) is 0 Å². The monoisotopic (exact) mass is 362 g/mol. The Balaban J connectivity index is 1.40. The molecule has 3 heterocycles. The summed E-state index contributed by atoms with van der Waals surface area (Å²) in [5.41, 5.74) is 1.10. The van der Waals surface area contributed by atoms with E-state index in [-0.39, 0.29) is 0 Å². The number of pyridine rings is 1. The number of thiocarbonyl (C=S) groups is 1. The van der Waals surface area contributed by atoms with Crippen LogP contribution in [0.15, 0.2) is 46.5 Å². The van der Waals surface area contributed by atoms with Gasteiger partial charge >= 0.3 is 0 Å². The molecule has 118 valence electrons. The minimum atomic E-state index is 0.581. The zero-order valence-corrected chi connectivity index (χ0v) is 14.6. The first-order valence-corrected chi connectivity index (χ1v) is 9.24. The Morgan fingerprint density at radius 3 is 3.04 bits per heavy atom. The Kier molecular flexibility index (Phi) is 5.73. The Morgan fingerprint density at radius 1 is 1.30 bits per heavy atom. The van der Waals surface area contributed by atoms with Crippen molar-refractivity contribution in [1.82, 2.24) is 20.5 Å². The lowest BCUT2D eigenvalue weighted by Crippen LogP contribution is -2.18. The van der Waals surface area contributed by atoms with Crippen molar-refractivity contribution in [2.75, 3.05) is 5.75 Å². The van der Waals surface area contributed by atoms with Crippen molar-refractivity contribution in [3.63, 3.8) is 0 Å². The normalized spacial score (nSPS) is 10.6. The van der Waals surface area contributed by atoms with E-state index in [0.717, 1.165) is 20.5 Å². The molecule has 0 amide bonds. The first-order chi connectivity index (χ1) is 11.3. The molecule has 0 spiro atoms. The lowest BCUT2D eigenvalue weighted by atomic mass is 10.3. The quantitative estimate of drug-likeness (QED) is 0.673. The number of rotatable bonds is 6. The van der Waals surface area contributed by atoms with Crippen molar-refractivity contribution in [3.05, 3.63) is 53.5 Å². The van der Waals surface area contributed by atoms with Crippen LogP contribution in [0, 0.1) is 0 Å². The van der Waals surface area contributed by atoms with Gasteiger partial charge < -0.3 is 9.73 Å². The van der Waals surface area contributed by atoms with Gasteiger partial charge in [-0.25, -0.2) is 0 Å². The Morgan fingerprint density at radius 2 is 2.26 bits per heavy atom. The number of aryl methyl sites for hydroxylation is 1. The number of nitrogens with zero attached hydrogens (tertiary/aromatic N) is 3. The molecule has 0 aliphatic carbocycles. The van der Waals surface area contributed by atoms with Gasteiger partial charge in [0, 0.05) is 31.1 Å². The van der Waals surface area contributed by atoms with Crippen LogP contribution in [0.3, 0.4) is 0 Å². The van der Waals surface area contributed by atoms with Gasteiger partial charge in [-0.15, -0.1) is 21.5 Å². The smallest absolute Gasteiger partial charge is 0.257 e. The Hall–Kier alpha value is -1.77. The molecule has 0 saturated carbocycles. The lowest BCUT2D eigenvalue weighted by molar-refractivity contribution is 0.515. The van der Waals surface area contributed by atoms with E-state index in [9.17, 15) is 0 Å². The molecule has 0 fully saturated rings. The maximum absolute atomic E-state index is 5.64. The van der Waals surface area contributed by atoms with Crippen LogP contribution in [-0.4, -0.2) is 25.3 Å². The molecule has 0 atom stereocenters. The minimum Gasteiger partial charge on any atom is -0.420 e. The van der Waals surface area contributed by atoms with E-state index >= 15 is 0 Å². The summed E-state index contributed by atoms with van der Waals surface area (Å²) in [4.78, 5) is 5.06. The highest BCUT2D eigenvalue weighted by Crippen LogP contribution is 2.23. The fourth-order valence-electron chi connectivity index (χ4n) is 1.81. The molecule has 8 heteroatoms. The molecule has 0 aliphatic heterocycles. The van der Waals surface area contributed by atoms with Gasteiger partial charge in [-0.1, -0.05) is 36.1 Å². The predicted octanol–water partition coefficient (Wildman–Crippen LogP) is 3.54. The van der Waals surface area contributed by atoms with Crippen LogP contribution < -0.4 is 5.32 Å². The molecule has 0 bridgehead atoms. The molecule has 0 saturated heterocycles. The molecular formula is C15H14N4OS3. The van der Waals surface area contributed by atoms with Gasteiger partial charge in [0.1, 0.15) is 4.32 Å². The second-order valence-electron chi connectivity index (χ2n) is 4.58. The topological polar surface area (TPSA) is 63.8 Å². The summed E-state index contributed by atoms with van der Waals surface area (Å²) in [7, 11) is 0. The Labute approximate surface area is 147 Å². The van der Waals surface area contributed by atoms with E-state index in [0.29, 0.717) is 24.7 Å². The minimum absolute atomic E-state index is 0.581. The molecule has 3 rings (SSSR count). The SMILES string of the molecule is S=C(NCc1cccnc1)SCCc1nnc(-c2cccs2)o1. The van der Waals surface area contributed by atoms with Crippen LogP contribution in [0.5, 0.6) is 0 Å². The van der Waals surface area contributed by atoms with Crippen molar-refractivity contribution in [3.8, 4) is 10.8 Å². The number of thioether (sulfide) groups is 1. The first kappa shape index (κ1) is 16.1. The van der Waals surface area contributed by atoms with Gasteiger partial charge in [-0.2, -0.15) is 0 Å². The van der Waals surface area contributed by atoms with Crippen LogP contribution in [0.25, 0.3) is 10.8 Å². The zero-order valence-electron chi connectivity index (χ0n) is 12.1. The second kappa shape index (κ2) is 8.19. The molecule has 0 aromatic carbocycles. The van der Waals surface area contributed by atoms with Gasteiger partial charge in [-0.05, 0) is 23.1 Å². The highest BCUT2D eigenvalue weighted by Gasteiger charge is 2.09. The van der Waals surface area contributed by atoms with Crippen molar-refractivity contribution in [1.29, 1.82) is 0 Å². The third-order valence-electron chi connectivity index (χ3n) is 2.91. The summed E-state index contributed by atoms with van der Waals surface area (Å²) >= 11 is 8.46. The van der Waals surface area contributed by atoms with Gasteiger partial charge in [0.2, 0.25) is 5.89 Å². The van der Waals surface area contributed by atoms with Gasteiger partial charge in [0.05, 0.1) is 4.88 Å². The summed E-state index contributed by atoms with van der Waals surface area (Å²) in [6.45, 7) is 0.683. The largest absolute Gasteiger partial charge is 0.420 e. The van der Waals surface area contributed by atoms with Crippen LogP contribution >= 0.6 is 35.3 Å². The highest BCUT2D eigenvalue weighted by molar-refractivity contribution is 8.22. The van der Waals surface area contributed by atoms with Crippen molar-refractivity contribution >= 4 is 39.6 Å². The molecule has 0 aliphatic rings. The first-order valence-electron chi connectivity index (χ1n) is 6.97. The summed E-state index contributed by atoms with van der Waals surface area (Å²) in [5.74, 6) is 2.01. The highest BCUT2D eigenvalue weighted by atomic mass is 32.2. The van der Waals surface area contributed by atoms with Crippen molar-refractivity contribution < 1.29 is 4.42 Å². The number of aromatic nitrogens is 3. The van der Waals surface area contributed by atoms with Crippen LogP contribution in [0.1, 0.15) is 11.5 Å². The van der Waals surface area contributed by atoms with E-state index in [1.165, 1.54) is 0 Å².